The van der Waals surface area contributed by atoms with Gasteiger partial charge in [-0.2, -0.15) is 5.26 Å². The third-order valence-electron chi connectivity index (χ3n) is 8.77. The van der Waals surface area contributed by atoms with Crippen LogP contribution in [0.3, 0.4) is 0 Å². The molecule has 4 amide bonds. The predicted octanol–water partition coefficient (Wildman–Crippen LogP) is 1.58. The van der Waals surface area contributed by atoms with E-state index in [9.17, 15) is 37.6 Å². The molecule has 1 aliphatic carbocycles. The number of hydrogen-bond acceptors (Lipinski definition) is 7. The van der Waals surface area contributed by atoms with Crippen LogP contribution in [-0.4, -0.2) is 78.9 Å². The summed E-state index contributed by atoms with van der Waals surface area (Å²) in [4.78, 5) is 53.6. The van der Waals surface area contributed by atoms with E-state index in [4.69, 9.17) is 9.47 Å². The van der Waals surface area contributed by atoms with Crippen molar-refractivity contribution in [2.24, 2.45) is 23.2 Å². The van der Waals surface area contributed by atoms with E-state index >= 15 is 0 Å². The normalized spacial score (nSPS) is 28.5. The zero-order chi connectivity index (χ0) is 30.3. The van der Waals surface area contributed by atoms with Crippen LogP contribution in [0.2, 0.25) is 0 Å². The predicted molar refractivity (Wildman–Crippen MR) is 139 cm³/mol. The molecule has 4 aliphatic rings. The number of nitrogens with one attached hydrogen (secondary N) is 3. The Bertz CT molecular complexity index is 1310. The highest BCUT2D eigenvalue weighted by Crippen LogP contribution is 2.65. The van der Waals surface area contributed by atoms with Gasteiger partial charge in [-0.3, -0.25) is 19.2 Å². The van der Waals surface area contributed by atoms with Crippen LogP contribution in [0.1, 0.15) is 33.1 Å². The number of nitrogens with zero attached hydrogens (tertiary/aromatic N) is 2. The second-order valence-corrected chi connectivity index (χ2v) is 11.8. The maximum absolute atomic E-state index is 13.6. The van der Waals surface area contributed by atoms with Crippen LogP contribution in [0, 0.1) is 40.3 Å². The van der Waals surface area contributed by atoms with E-state index in [1.165, 1.54) is 11.0 Å². The first kappa shape index (κ1) is 29.6. The van der Waals surface area contributed by atoms with E-state index < -0.39 is 72.4 Å². The number of anilines is 1. The molecular formula is C28H32F3N5O6. The van der Waals surface area contributed by atoms with Crippen LogP contribution < -0.4 is 20.7 Å². The summed E-state index contributed by atoms with van der Waals surface area (Å²) in [6.45, 7) is 4.50. The van der Waals surface area contributed by atoms with E-state index in [-0.39, 0.29) is 48.3 Å². The molecule has 0 spiro atoms. The van der Waals surface area contributed by atoms with Crippen LogP contribution in [0.25, 0.3) is 0 Å². The van der Waals surface area contributed by atoms with Gasteiger partial charge in [0.1, 0.15) is 29.7 Å². The molecule has 11 nitrogen and oxygen atoms in total. The van der Waals surface area contributed by atoms with Crippen LogP contribution >= 0.6 is 0 Å². The maximum Gasteiger partial charge on any atom is 0.265 e. The fraction of sp³-hybridized carbons (Fsp3) is 0.607. The second-order valence-electron chi connectivity index (χ2n) is 11.8. The molecule has 3 N–H and O–H groups in total. The van der Waals surface area contributed by atoms with Crippen molar-refractivity contribution in [1.82, 2.24) is 15.5 Å². The van der Waals surface area contributed by atoms with E-state index in [0.717, 1.165) is 12.1 Å². The van der Waals surface area contributed by atoms with Gasteiger partial charge in [0, 0.05) is 32.1 Å². The Kier molecular flexibility index (Phi) is 8.06. The number of likely N-dealkylation sites (tertiary alicyclic amines) is 1. The van der Waals surface area contributed by atoms with Gasteiger partial charge in [0.2, 0.25) is 24.1 Å². The number of alkyl halides is 2. The molecule has 2 saturated heterocycles. The quantitative estimate of drug-likeness (QED) is 0.395. The Hall–Kier alpha value is -3.86. The third-order valence-corrected chi connectivity index (χ3v) is 8.77. The Morgan fingerprint density at radius 3 is 2.67 bits per heavy atom. The highest BCUT2D eigenvalue weighted by Gasteiger charge is 2.69. The summed E-state index contributed by atoms with van der Waals surface area (Å²) in [5.41, 5.74) is -0.170. The number of nitriles is 1. The summed E-state index contributed by atoms with van der Waals surface area (Å²) in [5.74, 6) is -3.93. The molecular weight excluding hydrogens is 559 g/mol. The number of carbonyl (C=O) groups excluding carboxylic acids is 4. The van der Waals surface area contributed by atoms with Gasteiger partial charge in [0.15, 0.2) is 6.10 Å². The number of piperidine rings is 1. The molecule has 226 valence electrons. The average Bonchev–Trinajstić information content (AvgIpc) is 3.39. The zero-order valence-corrected chi connectivity index (χ0v) is 23.1. The molecule has 2 unspecified atom stereocenters. The topological polar surface area (TPSA) is 150 Å². The monoisotopic (exact) mass is 591 g/mol. The molecule has 3 aliphatic heterocycles. The lowest BCUT2D eigenvalue weighted by Gasteiger charge is -2.34. The molecule has 1 aromatic rings. The van der Waals surface area contributed by atoms with Gasteiger partial charge in [-0.15, -0.1) is 0 Å². The molecule has 1 aromatic carbocycles. The molecule has 3 fully saturated rings. The smallest absolute Gasteiger partial charge is 0.265 e. The second kappa shape index (κ2) is 11.4. The van der Waals surface area contributed by atoms with E-state index in [0.29, 0.717) is 13.0 Å². The fourth-order valence-corrected chi connectivity index (χ4v) is 6.34. The van der Waals surface area contributed by atoms with Gasteiger partial charge >= 0.3 is 0 Å². The number of carbonyl (C=O) groups is 4. The van der Waals surface area contributed by atoms with Crippen molar-refractivity contribution in [2.45, 2.75) is 63.8 Å². The average molecular weight is 592 g/mol. The molecule has 1 saturated carbocycles. The first-order valence-corrected chi connectivity index (χ1v) is 13.8. The van der Waals surface area contributed by atoms with Crippen molar-refractivity contribution >= 4 is 29.3 Å². The number of fused-ring (bicyclic) bond motifs is 2. The summed E-state index contributed by atoms with van der Waals surface area (Å²) >= 11 is 0. The van der Waals surface area contributed by atoms with E-state index in [1.807, 2.05) is 19.9 Å². The van der Waals surface area contributed by atoms with Crippen molar-refractivity contribution < 1.29 is 41.8 Å². The molecule has 14 heteroatoms. The summed E-state index contributed by atoms with van der Waals surface area (Å²) in [7, 11) is 0. The van der Waals surface area contributed by atoms with Crippen LogP contribution in [0.15, 0.2) is 18.2 Å². The van der Waals surface area contributed by atoms with E-state index in [2.05, 4.69) is 16.0 Å². The third kappa shape index (κ3) is 5.74. The van der Waals surface area contributed by atoms with Gasteiger partial charge < -0.3 is 30.3 Å². The molecule has 0 aromatic heterocycles. The first-order chi connectivity index (χ1) is 19.9. The molecule has 3 heterocycles. The minimum Gasteiger partial charge on any atom is -0.478 e. The molecule has 0 bridgehead atoms. The number of hydrogen-bond donors (Lipinski definition) is 3. The van der Waals surface area contributed by atoms with Gasteiger partial charge in [-0.05, 0) is 35.8 Å². The van der Waals surface area contributed by atoms with Gasteiger partial charge in [-0.1, -0.05) is 13.8 Å². The Labute approximate surface area is 240 Å². The summed E-state index contributed by atoms with van der Waals surface area (Å²) in [6, 6.07) is 1.72. The molecule has 42 heavy (non-hydrogen) atoms. The number of benzene rings is 1. The van der Waals surface area contributed by atoms with E-state index in [1.54, 1.807) is 0 Å². The molecule has 5 rings (SSSR count). The molecule has 7 atom stereocenters. The SMILES string of the molecule is CC1(C)[C@@H]2[C@@H](C(=O)NC(C#N)C[C@@H]3Oc4ccc(F)cc4NC3=O)N(C(=O)C(CC(F)F)NC(=O)[C@@H]3CCOC3)C[C@@H]21. The molecule has 0 radical (unpaired) electrons. The summed E-state index contributed by atoms with van der Waals surface area (Å²) in [6.07, 6.45) is -4.79. The lowest BCUT2D eigenvalue weighted by Crippen LogP contribution is -2.57. The first-order valence-electron chi connectivity index (χ1n) is 13.8. The summed E-state index contributed by atoms with van der Waals surface area (Å²) in [5, 5.41) is 17.3. The van der Waals surface area contributed by atoms with Gasteiger partial charge in [0.05, 0.1) is 24.3 Å². The number of ether oxygens (including phenoxy) is 2. The Balaban J connectivity index is 1.29. The highest BCUT2D eigenvalue weighted by atomic mass is 19.3. The number of halogens is 3. The Morgan fingerprint density at radius 1 is 1.24 bits per heavy atom. The van der Waals surface area contributed by atoms with Crippen molar-refractivity contribution in [3.63, 3.8) is 0 Å². The minimum atomic E-state index is -2.88. The van der Waals surface area contributed by atoms with Crippen molar-refractivity contribution in [3.8, 4) is 11.8 Å². The number of amides is 4. The zero-order valence-electron chi connectivity index (χ0n) is 23.1. The van der Waals surface area contributed by atoms with Crippen molar-refractivity contribution in [3.05, 3.63) is 24.0 Å². The lowest BCUT2D eigenvalue weighted by atomic mass is 9.98. The van der Waals surface area contributed by atoms with Gasteiger partial charge in [-0.25, -0.2) is 13.2 Å². The maximum atomic E-state index is 13.6. The van der Waals surface area contributed by atoms with Crippen LogP contribution in [-0.2, 0) is 23.9 Å². The summed E-state index contributed by atoms with van der Waals surface area (Å²) < 4.78 is 51.3. The van der Waals surface area contributed by atoms with Crippen LogP contribution in [0.5, 0.6) is 5.75 Å². The van der Waals surface area contributed by atoms with Crippen LogP contribution in [0.4, 0.5) is 18.9 Å². The highest BCUT2D eigenvalue weighted by molar-refractivity contribution is 5.98. The standard InChI is InChI=1S/C28H32F3N5O6/c1-28(2)16-11-36(27(40)18(9-21(30)31)35-24(37)13-5-6-41-12-13)23(22(16)28)26(39)33-15(10-32)8-20-25(38)34-17-7-14(29)3-4-19(17)42-20/h3-4,7,13,15-16,18,20-23H,5-6,8-9,11-12H2,1-2H3,(H,33,39)(H,34,38)(H,35,37)/t13-,15?,16+,18?,20+,22+,23+/m1/s1. The van der Waals surface area contributed by atoms with Gasteiger partial charge in [0.25, 0.3) is 5.91 Å². The largest absolute Gasteiger partial charge is 0.478 e. The van der Waals surface area contributed by atoms with Crippen molar-refractivity contribution in [2.75, 3.05) is 25.1 Å². The van der Waals surface area contributed by atoms with Crippen molar-refractivity contribution in [1.29, 1.82) is 5.26 Å². The minimum absolute atomic E-state index is 0.0757. The Morgan fingerprint density at radius 2 is 2.00 bits per heavy atom. The number of rotatable bonds is 9. The fourth-order valence-electron chi connectivity index (χ4n) is 6.34. The lowest BCUT2D eigenvalue weighted by molar-refractivity contribution is -0.144.